The number of rotatable bonds is 9. The zero-order valence-electron chi connectivity index (χ0n) is 18.8. The molecule has 1 heterocycles. The van der Waals surface area contributed by atoms with Crippen molar-refractivity contribution < 1.29 is 14.7 Å². The summed E-state index contributed by atoms with van der Waals surface area (Å²) in [6, 6.07) is 16.0. The average Bonchev–Trinajstić information content (AvgIpc) is 3.52. The monoisotopic (exact) mass is 447 g/mol. The maximum absolute atomic E-state index is 13.1. The molecule has 0 aliphatic heterocycles. The van der Waals surface area contributed by atoms with Crippen LogP contribution in [0.15, 0.2) is 48.5 Å². The lowest BCUT2D eigenvalue weighted by atomic mass is 9.82. The molecular weight excluding hydrogens is 418 g/mol. The fourth-order valence-electron chi connectivity index (χ4n) is 4.71. The van der Waals surface area contributed by atoms with Gasteiger partial charge in [-0.05, 0) is 46.4 Å². The van der Waals surface area contributed by atoms with Gasteiger partial charge in [-0.3, -0.25) is 9.59 Å². The Labute approximate surface area is 193 Å². The van der Waals surface area contributed by atoms with Crippen LogP contribution >= 0.6 is 0 Å². The minimum absolute atomic E-state index is 0.0756. The molecule has 8 heteroatoms. The van der Waals surface area contributed by atoms with Gasteiger partial charge in [-0.1, -0.05) is 68.3 Å². The second-order valence-corrected chi connectivity index (χ2v) is 8.78. The van der Waals surface area contributed by atoms with E-state index in [-0.39, 0.29) is 12.3 Å². The van der Waals surface area contributed by atoms with Crippen LogP contribution in [0.3, 0.4) is 0 Å². The minimum atomic E-state index is -0.897. The van der Waals surface area contributed by atoms with Gasteiger partial charge in [-0.2, -0.15) is 0 Å². The molecule has 0 spiro atoms. The smallest absolute Gasteiger partial charge is 0.310 e. The molecule has 3 aromatic rings. The maximum Gasteiger partial charge on any atom is 0.310 e. The van der Waals surface area contributed by atoms with Gasteiger partial charge in [0.05, 0.1) is 5.41 Å². The van der Waals surface area contributed by atoms with Crippen molar-refractivity contribution in [2.24, 2.45) is 5.41 Å². The van der Waals surface area contributed by atoms with Crippen LogP contribution in [0, 0.1) is 5.41 Å². The number of carbonyl (C=O) groups is 2. The van der Waals surface area contributed by atoms with Crippen molar-refractivity contribution in [1.82, 2.24) is 25.5 Å². The van der Waals surface area contributed by atoms with Crippen molar-refractivity contribution >= 4 is 11.9 Å². The molecule has 8 nitrogen and oxygen atoms in total. The highest BCUT2D eigenvalue weighted by Crippen LogP contribution is 2.42. The summed E-state index contributed by atoms with van der Waals surface area (Å²) in [5.41, 5.74) is 3.05. The summed E-state index contributed by atoms with van der Waals surface area (Å²) in [7, 11) is 0. The molecule has 1 aromatic heterocycles. The van der Waals surface area contributed by atoms with Crippen molar-refractivity contribution in [3.63, 3.8) is 0 Å². The second-order valence-electron chi connectivity index (χ2n) is 8.78. The number of nitrogens with zero attached hydrogens (tertiary/aromatic N) is 4. The van der Waals surface area contributed by atoms with Crippen LogP contribution < -0.4 is 0 Å². The molecule has 2 N–H and O–H groups in total. The standard InChI is InChI=1S/C25H29N5O3/c1-2-15-30(22(31)16-25(24(32)33)13-5-6-14-25)17-18-9-11-19(12-10-18)20-7-3-4-8-21(20)23-26-28-29-27-23/h3-4,7-12H,2,5-6,13-17H2,1H3,(H,32,33)(H,26,27,28,29). The molecule has 33 heavy (non-hydrogen) atoms. The number of H-pyrrole nitrogens is 1. The lowest BCUT2D eigenvalue weighted by Gasteiger charge is -2.28. The number of nitrogens with one attached hydrogen (secondary N) is 1. The van der Waals surface area contributed by atoms with Gasteiger partial charge in [-0.25, -0.2) is 5.10 Å². The number of amides is 1. The van der Waals surface area contributed by atoms with E-state index >= 15 is 0 Å². The summed E-state index contributed by atoms with van der Waals surface area (Å²) in [6.45, 7) is 3.11. The molecular formula is C25H29N5O3. The summed E-state index contributed by atoms with van der Waals surface area (Å²) in [5.74, 6) is -0.308. The van der Waals surface area contributed by atoms with Crippen molar-refractivity contribution in [3.8, 4) is 22.5 Å². The highest BCUT2D eigenvalue weighted by molar-refractivity contribution is 5.85. The maximum atomic E-state index is 13.1. The summed E-state index contributed by atoms with van der Waals surface area (Å²) in [6.07, 6.45) is 3.83. The Morgan fingerprint density at radius 1 is 1.06 bits per heavy atom. The average molecular weight is 448 g/mol. The predicted molar refractivity (Wildman–Crippen MR) is 124 cm³/mol. The fourth-order valence-corrected chi connectivity index (χ4v) is 4.71. The van der Waals surface area contributed by atoms with Gasteiger partial charge in [-0.15, -0.1) is 5.10 Å². The van der Waals surface area contributed by atoms with Gasteiger partial charge in [0.25, 0.3) is 0 Å². The first kappa shape index (κ1) is 22.6. The molecule has 0 radical (unpaired) electrons. The Balaban J connectivity index is 1.50. The van der Waals surface area contributed by atoms with Crippen LogP contribution in [-0.4, -0.2) is 49.1 Å². The van der Waals surface area contributed by atoms with Crippen molar-refractivity contribution in [2.45, 2.75) is 52.0 Å². The Bertz CT molecular complexity index is 1090. The SMILES string of the molecule is CCCN(Cc1ccc(-c2ccccc2-c2nnn[nH]2)cc1)C(=O)CC1(C(=O)O)CCCC1. The third-order valence-corrected chi connectivity index (χ3v) is 6.52. The molecule has 0 unspecified atom stereocenters. The lowest BCUT2D eigenvalue weighted by Crippen LogP contribution is -2.38. The number of hydrogen-bond donors (Lipinski definition) is 2. The first-order chi connectivity index (χ1) is 16.0. The van der Waals surface area contributed by atoms with Gasteiger partial charge in [0.15, 0.2) is 5.82 Å². The Hall–Kier alpha value is -3.55. The summed E-state index contributed by atoms with van der Waals surface area (Å²) in [4.78, 5) is 26.8. The zero-order chi connectivity index (χ0) is 23.3. The van der Waals surface area contributed by atoms with E-state index in [2.05, 4.69) is 20.6 Å². The molecule has 1 aliphatic carbocycles. The van der Waals surface area contributed by atoms with Crippen molar-refractivity contribution in [3.05, 3.63) is 54.1 Å². The van der Waals surface area contributed by atoms with E-state index < -0.39 is 11.4 Å². The molecule has 1 amide bonds. The number of carboxylic acid groups (broad SMARTS) is 1. The van der Waals surface area contributed by atoms with Gasteiger partial charge in [0, 0.05) is 25.1 Å². The van der Waals surface area contributed by atoms with Gasteiger partial charge < -0.3 is 10.0 Å². The minimum Gasteiger partial charge on any atom is -0.481 e. The van der Waals surface area contributed by atoms with Crippen LogP contribution in [0.4, 0.5) is 0 Å². The van der Waals surface area contributed by atoms with E-state index in [1.165, 1.54) is 0 Å². The number of aliphatic carboxylic acids is 1. The quantitative estimate of drug-likeness (QED) is 0.506. The molecule has 1 saturated carbocycles. The van der Waals surface area contributed by atoms with E-state index in [1.54, 1.807) is 4.90 Å². The number of aromatic nitrogens is 4. The lowest BCUT2D eigenvalue weighted by molar-refractivity contribution is -0.153. The molecule has 0 atom stereocenters. The van der Waals surface area contributed by atoms with Crippen LogP contribution in [0.2, 0.25) is 0 Å². The number of aromatic amines is 1. The number of carboxylic acids is 1. The van der Waals surface area contributed by atoms with Crippen molar-refractivity contribution in [1.29, 1.82) is 0 Å². The number of benzene rings is 2. The molecule has 0 saturated heterocycles. The Kier molecular flexibility index (Phi) is 6.82. The second kappa shape index (κ2) is 9.94. The highest BCUT2D eigenvalue weighted by atomic mass is 16.4. The number of hydrogen-bond acceptors (Lipinski definition) is 5. The van der Waals surface area contributed by atoms with E-state index in [1.807, 2.05) is 55.5 Å². The van der Waals surface area contributed by atoms with Crippen LogP contribution in [-0.2, 0) is 16.1 Å². The molecule has 1 fully saturated rings. The van der Waals surface area contributed by atoms with Crippen LogP contribution in [0.1, 0.15) is 51.0 Å². The Morgan fingerprint density at radius 2 is 1.76 bits per heavy atom. The molecule has 0 bridgehead atoms. The number of tetrazole rings is 1. The van der Waals surface area contributed by atoms with E-state index in [4.69, 9.17) is 0 Å². The molecule has 1 aliphatic rings. The van der Waals surface area contributed by atoms with Gasteiger partial charge in [0.1, 0.15) is 0 Å². The molecule has 172 valence electrons. The van der Waals surface area contributed by atoms with Crippen LogP contribution in [0.5, 0.6) is 0 Å². The molecule has 2 aromatic carbocycles. The summed E-state index contributed by atoms with van der Waals surface area (Å²) < 4.78 is 0. The Morgan fingerprint density at radius 3 is 2.36 bits per heavy atom. The topological polar surface area (TPSA) is 112 Å². The third kappa shape index (κ3) is 4.94. The van der Waals surface area contributed by atoms with E-state index in [0.29, 0.717) is 31.8 Å². The first-order valence-corrected chi connectivity index (χ1v) is 11.5. The predicted octanol–water partition coefficient (Wildman–Crippen LogP) is 4.31. The van der Waals surface area contributed by atoms with Gasteiger partial charge >= 0.3 is 5.97 Å². The third-order valence-electron chi connectivity index (χ3n) is 6.52. The van der Waals surface area contributed by atoms with E-state index in [0.717, 1.165) is 41.5 Å². The fraction of sp³-hybridized carbons (Fsp3) is 0.400. The van der Waals surface area contributed by atoms with Crippen LogP contribution in [0.25, 0.3) is 22.5 Å². The normalized spacial score (nSPS) is 14.8. The summed E-state index contributed by atoms with van der Waals surface area (Å²) in [5, 5.41) is 23.9. The largest absolute Gasteiger partial charge is 0.481 e. The van der Waals surface area contributed by atoms with Crippen molar-refractivity contribution in [2.75, 3.05) is 6.54 Å². The first-order valence-electron chi connectivity index (χ1n) is 11.5. The van der Waals surface area contributed by atoms with E-state index in [9.17, 15) is 14.7 Å². The highest BCUT2D eigenvalue weighted by Gasteiger charge is 2.43. The number of carbonyl (C=O) groups excluding carboxylic acids is 1. The van der Waals surface area contributed by atoms with Gasteiger partial charge in [0.2, 0.25) is 5.91 Å². The zero-order valence-corrected chi connectivity index (χ0v) is 18.8. The summed E-state index contributed by atoms with van der Waals surface area (Å²) >= 11 is 0. The molecule has 4 rings (SSSR count).